The molecule has 4 heterocycles. The fourth-order valence-electron chi connectivity index (χ4n) is 3.85. The van der Waals surface area contributed by atoms with Gasteiger partial charge in [0.05, 0.1) is 11.7 Å². The van der Waals surface area contributed by atoms with Crippen molar-refractivity contribution in [3.05, 3.63) is 18.0 Å². The maximum absolute atomic E-state index is 5.88. The zero-order chi connectivity index (χ0) is 20.2. The summed E-state index contributed by atoms with van der Waals surface area (Å²) in [5.74, 6) is 0.900. The van der Waals surface area contributed by atoms with E-state index in [2.05, 4.69) is 53.9 Å². The van der Waals surface area contributed by atoms with E-state index in [-0.39, 0.29) is 5.82 Å². The first-order valence-corrected chi connectivity index (χ1v) is 10.2. The number of piperazine rings is 1. The molecule has 156 valence electrons. The molecule has 10 heteroatoms. The average Bonchev–Trinajstić information content (AvgIpc) is 3.32. The van der Waals surface area contributed by atoms with Gasteiger partial charge >= 0.3 is 0 Å². The van der Waals surface area contributed by atoms with E-state index < -0.39 is 0 Å². The molecule has 1 aliphatic rings. The zero-order valence-corrected chi connectivity index (χ0v) is 17.1. The predicted molar refractivity (Wildman–Crippen MR) is 111 cm³/mol. The lowest BCUT2D eigenvalue weighted by atomic mass is 10.2. The zero-order valence-electron chi connectivity index (χ0n) is 17.1. The van der Waals surface area contributed by atoms with E-state index in [1.54, 1.807) is 6.20 Å². The number of hydrogen-bond donors (Lipinski definition) is 2. The molecule has 0 unspecified atom stereocenters. The van der Waals surface area contributed by atoms with E-state index in [9.17, 15) is 0 Å². The first-order valence-electron chi connectivity index (χ1n) is 10.2. The van der Waals surface area contributed by atoms with E-state index in [0.717, 1.165) is 75.4 Å². The summed E-state index contributed by atoms with van der Waals surface area (Å²) in [6.07, 6.45) is 4.80. The number of aryl methyl sites for hydroxylation is 1. The van der Waals surface area contributed by atoms with Gasteiger partial charge in [0.15, 0.2) is 17.3 Å². The van der Waals surface area contributed by atoms with Crippen LogP contribution in [-0.2, 0) is 13.1 Å². The minimum atomic E-state index is 0.242. The van der Waals surface area contributed by atoms with E-state index in [0.29, 0.717) is 11.5 Å². The van der Waals surface area contributed by atoms with Crippen molar-refractivity contribution < 1.29 is 4.63 Å². The van der Waals surface area contributed by atoms with Crippen molar-refractivity contribution in [1.82, 2.24) is 40.0 Å². The Morgan fingerprint density at radius 1 is 1.17 bits per heavy atom. The van der Waals surface area contributed by atoms with Crippen molar-refractivity contribution in [3.8, 4) is 11.5 Å². The third-order valence-corrected chi connectivity index (χ3v) is 5.51. The molecule has 3 aromatic rings. The van der Waals surface area contributed by atoms with E-state index in [4.69, 9.17) is 10.4 Å². The second-order valence-corrected chi connectivity index (χ2v) is 7.52. The quantitative estimate of drug-likeness (QED) is 0.531. The number of rotatable bonds is 8. The first-order chi connectivity index (χ1) is 14.2. The van der Waals surface area contributed by atoms with Crippen LogP contribution in [0.15, 0.2) is 17.0 Å². The Labute approximate surface area is 170 Å². The van der Waals surface area contributed by atoms with Crippen LogP contribution in [0.3, 0.4) is 0 Å². The van der Waals surface area contributed by atoms with Gasteiger partial charge in [-0.15, -0.1) is 0 Å². The number of nitrogen functional groups attached to an aromatic ring is 1. The standard InChI is InChI=1S/C19H29N9O/c1-3-28-17-14(11-21-5-4-6-27-9-7-26(2)8-10-27)12-22-13-15(17)23-19(28)16-18(20)25-29-24-16/h12-13,21H,3-11H2,1-2H3,(H2,20,25). The van der Waals surface area contributed by atoms with Gasteiger partial charge in [-0.25, -0.2) is 9.61 Å². The Kier molecular flexibility index (Phi) is 6.02. The highest BCUT2D eigenvalue weighted by Crippen LogP contribution is 2.27. The van der Waals surface area contributed by atoms with Crippen LogP contribution < -0.4 is 11.1 Å². The van der Waals surface area contributed by atoms with Crippen molar-refractivity contribution in [2.75, 3.05) is 52.0 Å². The van der Waals surface area contributed by atoms with Gasteiger partial charge in [0.25, 0.3) is 0 Å². The lowest BCUT2D eigenvalue weighted by Gasteiger charge is -2.32. The molecular weight excluding hydrogens is 370 g/mol. The van der Waals surface area contributed by atoms with E-state index in [1.165, 1.54) is 0 Å². The molecule has 10 nitrogen and oxygen atoms in total. The van der Waals surface area contributed by atoms with Gasteiger partial charge < -0.3 is 25.4 Å². The third-order valence-electron chi connectivity index (χ3n) is 5.51. The third kappa shape index (κ3) is 4.24. The Morgan fingerprint density at radius 3 is 2.72 bits per heavy atom. The number of likely N-dealkylation sites (N-methyl/N-ethyl adjacent to an activating group) is 1. The summed E-state index contributed by atoms with van der Waals surface area (Å²) in [5, 5.41) is 11.2. The monoisotopic (exact) mass is 399 g/mol. The maximum atomic E-state index is 5.88. The fraction of sp³-hybridized carbons (Fsp3) is 0.579. The number of imidazole rings is 1. The van der Waals surface area contributed by atoms with Gasteiger partial charge in [-0.05, 0) is 43.8 Å². The summed E-state index contributed by atoms with van der Waals surface area (Å²) in [5.41, 5.74) is 9.33. The molecule has 0 aromatic carbocycles. The van der Waals surface area contributed by atoms with Crippen LogP contribution in [0, 0.1) is 0 Å². The molecule has 29 heavy (non-hydrogen) atoms. The van der Waals surface area contributed by atoms with Gasteiger partial charge in [0, 0.05) is 51.0 Å². The molecule has 0 bridgehead atoms. The molecule has 0 spiro atoms. The second kappa shape index (κ2) is 8.85. The van der Waals surface area contributed by atoms with Crippen LogP contribution in [-0.4, -0.2) is 81.0 Å². The molecule has 1 aliphatic heterocycles. The molecule has 0 aliphatic carbocycles. The maximum Gasteiger partial charge on any atom is 0.199 e. The summed E-state index contributed by atoms with van der Waals surface area (Å²) in [6, 6.07) is 0. The number of pyridine rings is 1. The highest BCUT2D eigenvalue weighted by atomic mass is 16.6. The van der Waals surface area contributed by atoms with Crippen molar-refractivity contribution in [2.45, 2.75) is 26.4 Å². The van der Waals surface area contributed by atoms with Crippen molar-refractivity contribution >= 4 is 16.9 Å². The number of anilines is 1. The van der Waals surface area contributed by atoms with Crippen molar-refractivity contribution in [2.24, 2.45) is 0 Å². The molecule has 0 amide bonds. The molecule has 1 saturated heterocycles. The van der Waals surface area contributed by atoms with Crippen LogP contribution >= 0.6 is 0 Å². The minimum absolute atomic E-state index is 0.242. The van der Waals surface area contributed by atoms with Gasteiger partial charge in [0.2, 0.25) is 0 Å². The van der Waals surface area contributed by atoms with E-state index >= 15 is 0 Å². The first kappa shape index (κ1) is 19.7. The molecule has 0 radical (unpaired) electrons. The normalized spacial score (nSPS) is 16.1. The van der Waals surface area contributed by atoms with Gasteiger partial charge in [-0.2, -0.15) is 0 Å². The smallest absolute Gasteiger partial charge is 0.199 e. The highest BCUT2D eigenvalue weighted by Gasteiger charge is 2.20. The number of nitrogens with two attached hydrogens (primary N) is 1. The predicted octanol–water partition coefficient (Wildman–Crippen LogP) is 0.811. The van der Waals surface area contributed by atoms with Crippen LogP contribution in [0.4, 0.5) is 5.82 Å². The van der Waals surface area contributed by atoms with Crippen LogP contribution in [0.5, 0.6) is 0 Å². The average molecular weight is 400 g/mol. The van der Waals surface area contributed by atoms with Crippen molar-refractivity contribution in [3.63, 3.8) is 0 Å². The van der Waals surface area contributed by atoms with Gasteiger partial charge in [-0.3, -0.25) is 4.98 Å². The molecule has 0 atom stereocenters. The van der Waals surface area contributed by atoms with Crippen LogP contribution in [0.1, 0.15) is 18.9 Å². The Balaban J connectivity index is 1.41. The summed E-state index contributed by atoms with van der Waals surface area (Å²) in [4.78, 5) is 14.0. The molecule has 3 aromatic heterocycles. The largest absolute Gasteiger partial charge is 0.379 e. The lowest BCUT2D eigenvalue weighted by Crippen LogP contribution is -2.45. The Bertz CT molecular complexity index is 942. The number of nitrogens with one attached hydrogen (secondary N) is 1. The summed E-state index contributed by atoms with van der Waals surface area (Å²) in [7, 11) is 2.19. The molecular formula is C19H29N9O. The van der Waals surface area contributed by atoms with Crippen molar-refractivity contribution in [1.29, 1.82) is 0 Å². The van der Waals surface area contributed by atoms with Crippen LogP contribution in [0.2, 0.25) is 0 Å². The SMILES string of the molecule is CCn1c(-c2nonc2N)nc2cncc(CNCCCN3CCN(C)CC3)c21. The molecule has 1 fully saturated rings. The minimum Gasteiger partial charge on any atom is -0.379 e. The Hall–Kier alpha value is -2.56. The number of aromatic nitrogens is 5. The summed E-state index contributed by atoms with van der Waals surface area (Å²) >= 11 is 0. The highest BCUT2D eigenvalue weighted by molar-refractivity contribution is 5.83. The summed E-state index contributed by atoms with van der Waals surface area (Å²) in [6.45, 7) is 10.3. The summed E-state index contributed by atoms with van der Waals surface area (Å²) < 4.78 is 6.85. The van der Waals surface area contributed by atoms with Gasteiger partial charge in [-0.1, -0.05) is 0 Å². The van der Waals surface area contributed by atoms with E-state index in [1.807, 2.05) is 6.20 Å². The number of nitrogens with zero attached hydrogens (tertiary/aromatic N) is 7. The molecule has 4 rings (SSSR count). The molecule has 3 N–H and O–H groups in total. The fourth-order valence-corrected chi connectivity index (χ4v) is 3.85. The van der Waals surface area contributed by atoms with Crippen LogP contribution in [0.25, 0.3) is 22.6 Å². The second-order valence-electron chi connectivity index (χ2n) is 7.52. The topological polar surface area (TPSA) is 114 Å². The lowest BCUT2D eigenvalue weighted by molar-refractivity contribution is 0.153. The number of hydrogen-bond acceptors (Lipinski definition) is 9. The molecule has 0 saturated carbocycles. The Morgan fingerprint density at radius 2 is 2.00 bits per heavy atom. The van der Waals surface area contributed by atoms with Gasteiger partial charge in [0.1, 0.15) is 5.52 Å². The number of fused-ring (bicyclic) bond motifs is 1.